The molecule has 1 aliphatic carbocycles. The van der Waals surface area contributed by atoms with E-state index < -0.39 is 28.9 Å². The summed E-state index contributed by atoms with van der Waals surface area (Å²) < 4.78 is 47.6. The molecule has 1 aliphatic rings. The van der Waals surface area contributed by atoms with Gasteiger partial charge in [0.05, 0.1) is 5.56 Å². The summed E-state index contributed by atoms with van der Waals surface area (Å²) in [5, 5.41) is 6.47. The lowest BCUT2D eigenvalue weighted by molar-refractivity contribution is 0.102. The Bertz CT molecular complexity index is 1030. The SMILES string of the molecule is O=C(Nc1nc2cccc(OC3CCCCC3)n2n1)c1ccc(F)c(F)c1F. The van der Waals surface area contributed by atoms with E-state index in [9.17, 15) is 18.0 Å². The van der Waals surface area contributed by atoms with E-state index in [1.807, 2.05) is 0 Å². The summed E-state index contributed by atoms with van der Waals surface area (Å²) in [6.07, 6.45) is 5.44. The molecule has 0 radical (unpaired) electrons. The van der Waals surface area contributed by atoms with Crippen molar-refractivity contribution >= 4 is 17.5 Å². The summed E-state index contributed by atoms with van der Waals surface area (Å²) in [4.78, 5) is 16.4. The highest BCUT2D eigenvalue weighted by atomic mass is 19.2. The van der Waals surface area contributed by atoms with Crippen LogP contribution in [0.4, 0.5) is 19.1 Å². The van der Waals surface area contributed by atoms with Gasteiger partial charge < -0.3 is 4.74 Å². The van der Waals surface area contributed by atoms with Crippen molar-refractivity contribution < 1.29 is 22.7 Å². The van der Waals surface area contributed by atoms with E-state index in [0.717, 1.165) is 31.7 Å². The first kappa shape index (κ1) is 18.3. The smallest absolute Gasteiger partial charge is 0.261 e. The number of benzene rings is 1. The largest absolute Gasteiger partial charge is 0.474 e. The van der Waals surface area contributed by atoms with Crippen LogP contribution in [0.3, 0.4) is 0 Å². The van der Waals surface area contributed by atoms with E-state index in [4.69, 9.17) is 4.74 Å². The lowest BCUT2D eigenvalue weighted by Gasteiger charge is -2.22. The van der Waals surface area contributed by atoms with E-state index in [1.54, 1.807) is 18.2 Å². The molecule has 3 aromatic rings. The quantitative estimate of drug-likeness (QED) is 0.681. The Morgan fingerprint density at radius 2 is 1.86 bits per heavy atom. The first-order valence-corrected chi connectivity index (χ1v) is 9.00. The number of rotatable bonds is 4. The summed E-state index contributed by atoms with van der Waals surface area (Å²) >= 11 is 0. The van der Waals surface area contributed by atoms with Crippen molar-refractivity contribution in [3.05, 3.63) is 53.3 Å². The molecule has 146 valence electrons. The molecule has 4 rings (SSSR count). The number of fused-ring (bicyclic) bond motifs is 1. The van der Waals surface area contributed by atoms with E-state index >= 15 is 0 Å². The number of anilines is 1. The van der Waals surface area contributed by atoms with Crippen molar-refractivity contribution in [3.63, 3.8) is 0 Å². The highest BCUT2D eigenvalue weighted by molar-refractivity contribution is 6.03. The minimum absolute atomic E-state index is 0.0953. The van der Waals surface area contributed by atoms with Gasteiger partial charge in [-0.2, -0.15) is 9.50 Å². The highest BCUT2D eigenvalue weighted by Gasteiger charge is 2.21. The first-order valence-electron chi connectivity index (χ1n) is 9.00. The topological polar surface area (TPSA) is 68.5 Å². The van der Waals surface area contributed by atoms with Crippen LogP contribution < -0.4 is 10.1 Å². The Hall–Kier alpha value is -3.10. The predicted octanol–water partition coefficient (Wildman–Crippen LogP) is 4.11. The Labute approximate surface area is 158 Å². The van der Waals surface area contributed by atoms with Gasteiger partial charge in [0.2, 0.25) is 11.8 Å². The molecular weight excluding hydrogens is 373 g/mol. The number of pyridine rings is 1. The molecule has 0 saturated heterocycles. The van der Waals surface area contributed by atoms with Crippen LogP contribution in [0.1, 0.15) is 42.5 Å². The normalized spacial score (nSPS) is 15.0. The zero-order valence-electron chi connectivity index (χ0n) is 14.8. The summed E-state index contributed by atoms with van der Waals surface area (Å²) in [5.74, 6) is -5.25. The second-order valence-corrected chi connectivity index (χ2v) is 6.62. The standard InChI is InChI=1S/C19H17F3N4O2/c20-13-10-9-12(16(21)17(13)22)18(27)24-19-23-14-7-4-8-15(26(14)25-19)28-11-5-2-1-3-6-11/h4,7-11H,1-3,5-6H2,(H,24,25,27). The maximum atomic E-state index is 13.8. The van der Waals surface area contributed by atoms with E-state index in [-0.39, 0.29) is 12.1 Å². The predicted molar refractivity (Wildman–Crippen MR) is 94.8 cm³/mol. The third kappa shape index (κ3) is 3.51. The number of hydrogen-bond acceptors (Lipinski definition) is 4. The Morgan fingerprint density at radius 3 is 2.64 bits per heavy atom. The van der Waals surface area contributed by atoms with E-state index in [0.29, 0.717) is 17.6 Å². The molecule has 2 heterocycles. The van der Waals surface area contributed by atoms with Crippen molar-refractivity contribution in [3.8, 4) is 5.88 Å². The van der Waals surface area contributed by atoms with Crippen molar-refractivity contribution in [2.75, 3.05) is 5.32 Å². The molecule has 0 spiro atoms. The monoisotopic (exact) mass is 390 g/mol. The molecule has 1 saturated carbocycles. The fourth-order valence-electron chi connectivity index (χ4n) is 3.25. The minimum atomic E-state index is -1.71. The summed E-state index contributed by atoms with van der Waals surface area (Å²) in [6.45, 7) is 0. The van der Waals surface area contributed by atoms with Gasteiger partial charge in [-0.25, -0.2) is 13.2 Å². The average molecular weight is 390 g/mol. The van der Waals surface area contributed by atoms with Gasteiger partial charge in [0.25, 0.3) is 5.91 Å². The molecule has 1 N–H and O–H groups in total. The lowest BCUT2D eigenvalue weighted by atomic mass is 9.98. The van der Waals surface area contributed by atoms with Crippen LogP contribution >= 0.6 is 0 Å². The number of aromatic nitrogens is 3. The van der Waals surface area contributed by atoms with Crippen molar-refractivity contribution in [2.45, 2.75) is 38.2 Å². The fourth-order valence-corrected chi connectivity index (χ4v) is 3.25. The average Bonchev–Trinajstić information content (AvgIpc) is 3.10. The van der Waals surface area contributed by atoms with Crippen molar-refractivity contribution in [1.29, 1.82) is 0 Å². The lowest BCUT2D eigenvalue weighted by Crippen LogP contribution is -2.21. The molecule has 0 atom stereocenters. The Morgan fingerprint density at radius 1 is 1.07 bits per heavy atom. The number of carbonyl (C=O) groups excluding carboxylic acids is 1. The Balaban J connectivity index is 1.57. The molecule has 0 bridgehead atoms. The van der Waals surface area contributed by atoms with Crippen LogP contribution in [-0.2, 0) is 0 Å². The van der Waals surface area contributed by atoms with Crippen LogP contribution in [0, 0.1) is 17.5 Å². The van der Waals surface area contributed by atoms with Gasteiger partial charge in [-0.05, 0) is 43.9 Å². The number of amides is 1. The number of nitrogens with zero attached hydrogens (tertiary/aromatic N) is 3. The minimum Gasteiger partial charge on any atom is -0.474 e. The Kier molecular flexibility index (Phi) is 4.89. The molecule has 6 nitrogen and oxygen atoms in total. The van der Waals surface area contributed by atoms with Crippen LogP contribution in [0.15, 0.2) is 30.3 Å². The first-order chi connectivity index (χ1) is 13.5. The van der Waals surface area contributed by atoms with Crippen LogP contribution in [0.25, 0.3) is 5.65 Å². The highest BCUT2D eigenvalue weighted by Crippen LogP contribution is 2.24. The maximum absolute atomic E-state index is 13.8. The van der Waals surface area contributed by atoms with E-state index in [2.05, 4.69) is 15.4 Å². The summed E-state index contributed by atoms with van der Waals surface area (Å²) in [5.41, 5.74) is -0.217. The summed E-state index contributed by atoms with van der Waals surface area (Å²) in [6, 6.07) is 6.71. The zero-order chi connectivity index (χ0) is 19.7. The number of nitrogens with one attached hydrogen (secondary N) is 1. The van der Waals surface area contributed by atoms with Gasteiger partial charge in [-0.15, -0.1) is 5.10 Å². The second-order valence-electron chi connectivity index (χ2n) is 6.62. The molecule has 2 aromatic heterocycles. The molecular formula is C19H17F3N4O2. The van der Waals surface area contributed by atoms with Crippen molar-refractivity contribution in [2.24, 2.45) is 0 Å². The van der Waals surface area contributed by atoms with Gasteiger partial charge in [0.1, 0.15) is 6.10 Å². The fraction of sp³-hybridized carbons (Fsp3) is 0.316. The molecule has 9 heteroatoms. The molecule has 0 aliphatic heterocycles. The molecule has 1 amide bonds. The third-order valence-electron chi connectivity index (χ3n) is 4.67. The maximum Gasteiger partial charge on any atom is 0.261 e. The second kappa shape index (κ2) is 7.49. The molecule has 0 unspecified atom stereocenters. The number of hydrogen-bond donors (Lipinski definition) is 1. The third-order valence-corrected chi connectivity index (χ3v) is 4.67. The van der Waals surface area contributed by atoms with Crippen LogP contribution in [-0.4, -0.2) is 26.6 Å². The number of ether oxygens (including phenoxy) is 1. The van der Waals surface area contributed by atoms with Gasteiger partial charge in [-0.3, -0.25) is 10.1 Å². The van der Waals surface area contributed by atoms with Gasteiger partial charge in [0.15, 0.2) is 23.1 Å². The van der Waals surface area contributed by atoms with Gasteiger partial charge >= 0.3 is 0 Å². The van der Waals surface area contributed by atoms with E-state index in [1.165, 1.54) is 10.9 Å². The summed E-state index contributed by atoms with van der Waals surface area (Å²) in [7, 11) is 0. The number of halogens is 3. The van der Waals surface area contributed by atoms with Crippen LogP contribution in [0.2, 0.25) is 0 Å². The molecule has 28 heavy (non-hydrogen) atoms. The molecule has 1 fully saturated rings. The van der Waals surface area contributed by atoms with Crippen LogP contribution in [0.5, 0.6) is 5.88 Å². The molecule has 1 aromatic carbocycles. The van der Waals surface area contributed by atoms with Gasteiger partial charge in [0, 0.05) is 6.07 Å². The number of carbonyl (C=O) groups is 1. The zero-order valence-corrected chi connectivity index (χ0v) is 14.8. The van der Waals surface area contributed by atoms with Crippen molar-refractivity contribution in [1.82, 2.24) is 14.6 Å². The van der Waals surface area contributed by atoms with Gasteiger partial charge in [-0.1, -0.05) is 12.5 Å².